The Balaban J connectivity index is 1.55. The summed E-state index contributed by atoms with van der Waals surface area (Å²) in [5.74, 6) is -1.12. The number of fused-ring (bicyclic) bond motifs is 1. The topological polar surface area (TPSA) is 127 Å². The summed E-state index contributed by atoms with van der Waals surface area (Å²) in [4.78, 5) is 55.2. The van der Waals surface area contributed by atoms with Gasteiger partial charge in [-0.2, -0.15) is 0 Å². The van der Waals surface area contributed by atoms with Gasteiger partial charge >= 0.3 is 11.9 Å². The van der Waals surface area contributed by atoms with E-state index in [-0.39, 0.29) is 35.2 Å². The number of hydrogen-bond acceptors (Lipinski definition) is 8. The van der Waals surface area contributed by atoms with E-state index in [0.717, 1.165) is 17.3 Å². The lowest BCUT2D eigenvalue weighted by molar-refractivity contribution is -0.144. The summed E-state index contributed by atoms with van der Waals surface area (Å²) in [5, 5.41) is 2.45. The molecule has 0 aliphatic carbocycles. The molecule has 0 bridgehead atoms. The van der Waals surface area contributed by atoms with E-state index in [9.17, 15) is 19.2 Å². The molecular formula is C23H23N3O6S. The number of methoxy groups -OCH3 is 1. The van der Waals surface area contributed by atoms with Gasteiger partial charge in [-0.1, -0.05) is 17.7 Å². The Morgan fingerprint density at radius 2 is 1.88 bits per heavy atom. The lowest BCUT2D eigenvalue weighted by Crippen LogP contribution is -2.22. The van der Waals surface area contributed by atoms with Crippen molar-refractivity contribution in [2.24, 2.45) is 0 Å². The maximum atomic E-state index is 12.3. The van der Waals surface area contributed by atoms with E-state index >= 15 is 0 Å². The van der Waals surface area contributed by atoms with Crippen LogP contribution < -0.4 is 10.9 Å². The van der Waals surface area contributed by atoms with Gasteiger partial charge in [-0.15, -0.1) is 11.8 Å². The third-order valence-corrected chi connectivity index (χ3v) is 5.78. The second-order valence-corrected chi connectivity index (χ2v) is 8.54. The van der Waals surface area contributed by atoms with Crippen molar-refractivity contribution in [3.63, 3.8) is 0 Å². The van der Waals surface area contributed by atoms with E-state index in [4.69, 9.17) is 4.74 Å². The van der Waals surface area contributed by atoms with Crippen LogP contribution in [0, 0.1) is 6.92 Å². The van der Waals surface area contributed by atoms with E-state index in [1.165, 1.54) is 25.3 Å². The number of hydrogen-bond donors (Lipinski definition) is 2. The number of benzene rings is 2. The van der Waals surface area contributed by atoms with Crippen molar-refractivity contribution in [2.45, 2.75) is 25.7 Å². The van der Waals surface area contributed by atoms with Crippen LogP contribution in [0.2, 0.25) is 0 Å². The number of esters is 2. The molecule has 1 heterocycles. The highest BCUT2D eigenvalue weighted by molar-refractivity contribution is 8.01. The van der Waals surface area contributed by atoms with Crippen molar-refractivity contribution >= 4 is 46.2 Å². The van der Waals surface area contributed by atoms with Gasteiger partial charge in [0.15, 0.2) is 0 Å². The number of thioether (sulfide) groups is 1. The molecule has 0 spiro atoms. The first-order valence-corrected chi connectivity index (χ1v) is 11.1. The van der Waals surface area contributed by atoms with Crippen LogP contribution in [0.25, 0.3) is 10.9 Å². The number of aromatic nitrogens is 2. The van der Waals surface area contributed by atoms with Gasteiger partial charge < -0.3 is 19.8 Å². The van der Waals surface area contributed by atoms with Crippen LogP contribution in [0.4, 0.5) is 5.69 Å². The molecule has 3 aromatic rings. The van der Waals surface area contributed by atoms with Crippen molar-refractivity contribution in [2.75, 3.05) is 18.2 Å². The Morgan fingerprint density at radius 3 is 2.58 bits per heavy atom. The number of nitrogens with one attached hydrogen (secondary N) is 2. The van der Waals surface area contributed by atoms with E-state index in [1.54, 1.807) is 19.1 Å². The number of H-pyrrole nitrogens is 1. The van der Waals surface area contributed by atoms with Gasteiger partial charge in [-0.3, -0.25) is 14.4 Å². The molecule has 2 aromatic carbocycles. The minimum absolute atomic E-state index is 0.0749. The van der Waals surface area contributed by atoms with Gasteiger partial charge in [0.05, 0.1) is 29.3 Å². The number of amides is 1. The molecule has 3 rings (SSSR count). The molecule has 0 saturated carbocycles. The molecule has 0 saturated heterocycles. The molecule has 0 aliphatic heterocycles. The molecular weight excluding hydrogens is 446 g/mol. The summed E-state index contributed by atoms with van der Waals surface area (Å²) in [7, 11) is 1.26. The highest BCUT2D eigenvalue weighted by Crippen LogP contribution is 2.16. The summed E-state index contributed by atoms with van der Waals surface area (Å²) < 4.78 is 9.92. The second kappa shape index (κ2) is 10.8. The van der Waals surface area contributed by atoms with E-state index in [1.807, 2.05) is 19.1 Å². The monoisotopic (exact) mass is 469 g/mol. The van der Waals surface area contributed by atoms with Gasteiger partial charge in [-0.05, 0) is 44.2 Å². The lowest BCUT2D eigenvalue weighted by atomic mass is 10.1. The average molecular weight is 470 g/mol. The Morgan fingerprint density at radius 1 is 1.15 bits per heavy atom. The number of carbonyl (C=O) groups is 3. The standard InChI is InChI=1S/C23H23N3O6S/c1-13-4-7-16(8-5-13)24-20(27)12-33-14(2)22(29)32-11-19-25-18-10-15(23(30)31-3)6-9-17(18)21(28)26-19/h4-10,14H,11-12H2,1-3H3,(H,24,27)(H,25,26,28). The number of aromatic amines is 1. The first kappa shape index (κ1) is 24.0. The van der Waals surface area contributed by atoms with Crippen LogP contribution in [-0.4, -0.2) is 45.9 Å². The molecule has 0 aliphatic rings. The SMILES string of the molecule is COC(=O)c1ccc2c(=O)[nH]c(COC(=O)C(C)SCC(=O)Nc3ccc(C)cc3)nc2c1. The number of carbonyl (C=O) groups excluding carboxylic acids is 3. The fraction of sp³-hybridized carbons (Fsp3) is 0.261. The maximum Gasteiger partial charge on any atom is 0.337 e. The predicted octanol–water partition coefficient (Wildman–Crippen LogP) is 2.82. The van der Waals surface area contributed by atoms with Crippen LogP contribution in [0.1, 0.15) is 28.7 Å². The smallest absolute Gasteiger partial charge is 0.337 e. The Kier molecular flexibility index (Phi) is 7.83. The summed E-state index contributed by atoms with van der Waals surface area (Å²) in [6, 6.07) is 11.8. The van der Waals surface area contributed by atoms with E-state index in [0.29, 0.717) is 11.1 Å². The van der Waals surface area contributed by atoms with Gasteiger partial charge in [0.25, 0.3) is 5.56 Å². The molecule has 1 amide bonds. The molecule has 172 valence electrons. The second-order valence-electron chi connectivity index (χ2n) is 7.21. The maximum absolute atomic E-state index is 12.3. The normalized spacial score (nSPS) is 11.6. The number of nitrogens with zero attached hydrogens (tertiary/aromatic N) is 1. The van der Waals surface area contributed by atoms with Crippen LogP contribution in [0.15, 0.2) is 47.3 Å². The first-order chi connectivity index (χ1) is 15.8. The largest absolute Gasteiger partial charge is 0.465 e. The molecule has 0 fully saturated rings. The van der Waals surface area contributed by atoms with E-state index in [2.05, 4.69) is 20.0 Å². The van der Waals surface area contributed by atoms with Gasteiger partial charge in [0.2, 0.25) is 5.91 Å². The lowest BCUT2D eigenvalue weighted by Gasteiger charge is -2.11. The minimum atomic E-state index is -0.605. The first-order valence-electron chi connectivity index (χ1n) is 10.0. The van der Waals surface area contributed by atoms with Crippen molar-refractivity contribution in [3.05, 3.63) is 69.8 Å². The Labute approximate surface area is 193 Å². The zero-order valence-electron chi connectivity index (χ0n) is 18.3. The molecule has 0 radical (unpaired) electrons. The summed E-state index contributed by atoms with van der Waals surface area (Å²) in [6.07, 6.45) is 0. The Bertz CT molecular complexity index is 1240. The van der Waals surface area contributed by atoms with Gasteiger partial charge in [-0.25, -0.2) is 9.78 Å². The van der Waals surface area contributed by atoms with Gasteiger partial charge in [0.1, 0.15) is 17.7 Å². The fourth-order valence-corrected chi connectivity index (χ4v) is 3.54. The summed E-state index contributed by atoms with van der Waals surface area (Å²) >= 11 is 1.13. The van der Waals surface area contributed by atoms with Crippen LogP contribution >= 0.6 is 11.8 Å². The average Bonchev–Trinajstić information content (AvgIpc) is 2.81. The quantitative estimate of drug-likeness (QED) is 0.482. The van der Waals surface area contributed by atoms with Gasteiger partial charge in [0, 0.05) is 5.69 Å². The number of aryl methyl sites for hydroxylation is 1. The van der Waals surface area contributed by atoms with Crippen LogP contribution in [-0.2, 0) is 25.7 Å². The van der Waals surface area contributed by atoms with Crippen molar-refractivity contribution < 1.29 is 23.9 Å². The van der Waals surface area contributed by atoms with Crippen molar-refractivity contribution in [1.29, 1.82) is 0 Å². The number of rotatable bonds is 8. The fourth-order valence-electron chi connectivity index (χ4n) is 2.86. The molecule has 2 N–H and O–H groups in total. The molecule has 33 heavy (non-hydrogen) atoms. The van der Waals surface area contributed by atoms with Crippen LogP contribution in [0.3, 0.4) is 0 Å². The van der Waals surface area contributed by atoms with Crippen molar-refractivity contribution in [1.82, 2.24) is 9.97 Å². The van der Waals surface area contributed by atoms with E-state index < -0.39 is 22.7 Å². The van der Waals surface area contributed by atoms with Crippen molar-refractivity contribution in [3.8, 4) is 0 Å². The molecule has 9 nitrogen and oxygen atoms in total. The number of anilines is 1. The highest BCUT2D eigenvalue weighted by Gasteiger charge is 2.18. The summed E-state index contributed by atoms with van der Waals surface area (Å²) in [5.41, 5.74) is 1.88. The summed E-state index contributed by atoms with van der Waals surface area (Å²) in [6.45, 7) is 3.33. The molecule has 10 heteroatoms. The zero-order chi connectivity index (χ0) is 24.0. The van der Waals surface area contributed by atoms with Crippen LogP contribution in [0.5, 0.6) is 0 Å². The zero-order valence-corrected chi connectivity index (χ0v) is 19.2. The third-order valence-electron chi connectivity index (χ3n) is 4.66. The Hall–Kier alpha value is -3.66. The predicted molar refractivity (Wildman–Crippen MR) is 125 cm³/mol. The minimum Gasteiger partial charge on any atom is -0.465 e. The molecule has 1 atom stereocenters. The third kappa shape index (κ3) is 6.42. The highest BCUT2D eigenvalue weighted by atomic mass is 32.2. The molecule has 1 unspecified atom stereocenters. The molecule has 1 aromatic heterocycles. The number of ether oxygens (including phenoxy) is 2.